The Labute approximate surface area is 172 Å². The van der Waals surface area contributed by atoms with Crippen molar-refractivity contribution in [3.8, 4) is 0 Å². The summed E-state index contributed by atoms with van der Waals surface area (Å²) in [5, 5.41) is 1.92. The standard InChI is InChI=1S/C21H24F3N3OS/c22-21(23,24)16-4-1-5-17(14-16)25-9-11-26(12-10-25)18-6-2-8-27(15-18)20(28)19-7-3-13-29-19/h1,3-5,7,13-14,18H,2,6,8-12,15H2/t18-/m1/s1. The molecule has 0 radical (unpaired) electrons. The molecular weight excluding hydrogens is 399 g/mol. The number of amides is 1. The summed E-state index contributed by atoms with van der Waals surface area (Å²) in [5.74, 6) is 0.104. The zero-order valence-electron chi connectivity index (χ0n) is 16.1. The maximum Gasteiger partial charge on any atom is 0.416 e. The van der Waals surface area contributed by atoms with Crippen LogP contribution in [-0.2, 0) is 6.18 Å². The molecule has 1 atom stereocenters. The van der Waals surface area contributed by atoms with Crippen molar-refractivity contribution in [2.45, 2.75) is 25.1 Å². The van der Waals surface area contributed by atoms with Gasteiger partial charge >= 0.3 is 6.18 Å². The van der Waals surface area contributed by atoms with Gasteiger partial charge in [0.25, 0.3) is 5.91 Å². The predicted octanol–water partition coefficient (Wildman–Crippen LogP) is 4.19. The van der Waals surface area contributed by atoms with Crippen molar-refractivity contribution < 1.29 is 18.0 Å². The molecule has 2 aromatic rings. The van der Waals surface area contributed by atoms with Crippen molar-refractivity contribution in [1.29, 1.82) is 0 Å². The van der Waals surface area contributed by atoms with E-state index in [9.17, 15) is 18.0 Å². The van der Waals surface area contributed by atoms with Crippen LogP contribution in [0.15, 0.2) is 41.8 Å². The minimum absolute atomic E-state index is 0.104. The van der Waals surface area contributed by atoms with Crippen molar-refractivity contribution >= 4 is 22.9 Å². The molecule has 4 rings (SSSR count). The fourth-order valence-electron chi connectivity index (χ4n) is 4.22. The van der Waals surface area contributed by atoms with Gasteiger partial charge in [-0.25, -0.2) is 0 Å². The molecule has 4 nitrogen and oxygen atoms in total. The van der Waals surface area contributed by atoms with Crippen LogP contribution in [0.1, 0.15) is 28.1 Å². The molecule has 1 amide bonds. The molecule has 0 spiro atoms. The van der Waals surface area contributed by atoms with Gasteiger partial charge in [0.15, 0.2) is 0 Å². The first-order valence-corrected chi connectivity index (χ1v) is 10.8. The minimum atomic E-state index is -4.32. The lowest BCUT2D eigenvalue weighted by atomic mass is 10.0. The van der Waals surface area contributed by atoms with Gasteiger partial charge in [0.2, 0.25) is 0 Å². The average molecular weight is 424 g/mol. The summed E-state index contributed by atoms with van der Waals surface area (Å²) >= 11 is 1.47. The maximum absolute atomic E-state index is 13.0. The lowest BCUT2D eigenvalue weighted by Crippen LogP contribution is -2.55. The fourth-order valence-corrected chi connectivity index (χ4v) is 4.91. The van der Waals surface area contributed by atoms with Gasteiger partial charge < -0.3 is 9.80 Å². The molecule has 3 heterocycles. The summed E-state index contributed by atoms with van der Waals surface area (Å²) in [6.07, 6.45) is -2.29. The Balaban J connectivity index is 1.35. The number of halogens is 3. The number of hydrogen-bond donors (Lipinski definition) is 0. The number of piperidine rings is 1. The van der Waals surface area contributed by atoms with E-state index in [-0.39, 0.29) is 5.91 Å². The number of carbonyl (C=O) groups excluding carboxylic acids is 1. The highest BCUT2D eigenvalue weighted by Crippen LogP contribution is 2.32. The Morgan fingerprint density at radius 2 is 1.83 bits per heavy atom. The average Bonchev–Trinajstić information content (AvgIpc) is 3.28. The Morgan fingerprint density at radius 3 is 2.52 bits per heavy atom. The third kappa shape index (κ3) is 4.59. The highest BCUT2D eigenvalue weighted by molar-refractivity contribution is 7.12. The van der Waals surface area contributed by atoms with Crippen LogP contribution in [0.2, 0.25) is 0 Å². The quantitative estimate of drug-likeness (QED) is 0.741. The monoisotopic (exact) mass is 423 g/mol. The van der Waals surface area contributed by atoms with Gasteiger partial charge in [0.05, 0.1) is 10.4 Å². The maximum atomic E-state index is 13.0. The summed E-state index contributed by atoms with van der Waals surface area (Å²) < 4.78 is 39.0. The topological polar surface area (TPSA) is 26.8 Å². The van der Waals surface area contributed by atoms with Crippen LogP contribution in [0.4, 0.5) is 18.9 Å². The number of benzene rings is 1. The van der Waals surface area contributed by atoms with E-state index in [1.54, 1.807) is 6.07 Å². The smallest absolute Gasteiger partial charge is 0.369 e. The molecule has 2 aliphatic rings. The molecule has 0 unspecified atom stereocenters. The number of carbonyl (C=O) groups is 1. The highest BCUT2D eigenvalue weighted by Gasteiger charge is 2.33. The summed E-state index contributed by atoms with van der Waals surface area (Å²) in [4.78, 5) is 19.8. The van der Waals surface area contributed by atoms with Crippen LogP contribution in [0.3, 0.4) is 0 Å². The van der Waals surface area contributed by atoms with Gasteiger partial charge in [-0.15, -0.1) is 11.3 Å². The Hall–Kier alpha value is -2.06. The number of thiophene rings is 1. The summed E-state index contributed by atoms with van der Waals surface area (Å²) in [6, 6.07) is 9.64. The number of alkyl halides is 3. The molecule has 0 N–H and O–H groups in total. The number of hydrogen-bond acceptors (Lipinski definition) is 4. The van der Waals surface area contributed by atoms with E-state index >= 15 is 0 Å². The van der Waals surface area contributed by atoms with E-state index in [1.807, 2.05) is 27.3 Å². The van der Waals surface area contributed by atoms with E-state index in [1.165, 1.54) is 23.5 Å². The number of nitrogens with zero attached hydrogens (tertiary/aromatic N) is 3. The van der Waals surface area contributed by atoms with Crippen molar-refractivity contribution in [2.24, 2.45) is 0 Å². The van der Waals surface area contributed by atoms with Gasteiger partial charge in [-0.05, 0) is 42.5 Å². The normalized spacial score (nSPS) is 21.4. The second-order valence-corrected chi connectivity index (χ2v) is 8.54. The number of piperazine rings is 1. The van der Waals surface area contributed by atoms with Crippen LogP contribution in [0.5, 0.6) is 0 Å². The zero-order chi connectivity index (χ0) is 20.4. The van der Waals surface area contributed by atoms with E-state index in [0.717, 1.165) is 50.0 Å². The molecule has 0 saturated carbocycles. The Bertz CT molecular complexity index is 832. The Kier molecular flexibility index (Phi) is 5.83. The zero-order valence-corrected chi connectivity index (χ0v) is 16.9. The molecule has 2 saturated heterocycles. The van der Waals surface area contributed by atoms with E-state index in [4.69, 9.17) is 0 Å². The molecule has 1 aromatic heterocycles. The second kappa shape index (κ2) is 8.36. The van der Waals surface area contributed by atoms with Crippen molar-refractivity contribution in [2.75, 3.05) is 44.2 Å². The predicted molar refractivity (Wildman–Crippen MR) is 108 cm³/mol. The second-order valence-electron chi connectivity index (χ2n) is 7.60. The molecule has 8 heteroatoms. The van der Waals surface area contributed by atoms with Crippen LogP contribution < -0.4 is 4.90 Å². The van der Waals surface area contributed by atoms with Crippen LogP contribution in [-0.4, -0.2) is 61.0 Å². The van der Waals surface area contributed by atoms with Gasteiger partial charge in [-0.2, -0.15) is 13.2 Å². The third-order valence-electron chi connectivity index (χ3n) is 5.78. The molecule has 1 aromatic carbocycles. The SMILES string of the molecule is O=C(c1cccs1)N1CCC[C@@H](N2CCN(c3cccc(C(F)(F)F)c3)CC2)C1. The molecule has 29 heavy (non-hydrogen) atoms. The number of rotatable bonds is 3. The van der Waals surface area contributed by atoms with Crippen molar-refractivity contribution in [3.05, 3.63) is 52.2 Å². The summed E-state index contributed by atoms with van der Waals surface area (Å²) in [5.41, 5.74) is 0.0186. The summed E-state index contributed by atoms with van der Waals surface area (Å²) in [6.45, 7) is 4.48. The van der Waals surface area contributed by atoms with Gasteiger partial charge in [-0.1, -0.05) is 12.1 Å². The Morgan fingerprint density at radius 1 is 1.03 bits per heavy atom. The van der Waals surface area contributed by atoms with Crippen LogP contribution in [0.25, 0.3) is 0 Å². The van der Waals surface area contributed by atoms with Crippen LogP contribution >= 0.6 is 11.3 Å². The van der Waals surface area contributed by atoms with Gasteiger partial charge in [-0.3, -0.25) is 9.69 Å². The van der Waals surface area contributed by atoms with E-state index in [2.05, 4.69) is 4.90 Å². The summed E-state index contributed by atoms with van der Waals surface area (Å²) in [7, 11) is 0. The lowest BCUT2D eigenvalue weighted by molar-refractivity contribution is -0.137. The minimum Gasteiger partial charge on any atom is -0.369 e. The fraction of sp³-hybridized carbons (Fsp3) is 0.476. The van der Waals surface area contributed by atoms with E-state index in [0.29, 0.717) is 24.8 Å². The molecule has 2 fully saturated rings. The van der Waals surface area contributed by atoms with Crippen molar-refractivity contribution in [3.63, 3.8) is 0 Å². The third-order valence-corrected chi connectivity index (χ3v) is 6.64. The molecular formula is C21H24F3N3OS. The lowest BCUT2D eigenvalue weighted by Gasteiger charge is -2.44. The van der Waals surface area contributed by atoms with E-state index < -0.39 is 11.7 Å². The first-order valence-electron chi connectivity index (χ1n) is 9.91. The molecule has 2 aliphatic heterocycles. The van der Waals surface area contributed by atoms with Gasteiger partial charge in [0, 0.05) is 51.0 Å². The van der Waals surface area contributed by atoms with Crippen molar-refractivity contribution in [1.82, 2.24) is 9.80 Å². The first-order chi connectivity index (χ1) is 13.9. The number of anilines is 1. The van der Waals surface area contributed by atoms with Gasteiger partial charge in [0.1, 0.15) is 0 Å². The molecule has 156 valence electrons. The molecule has 0 aliphatic carbocycles. The first kappa shape index (κ1) is 20.2. The number of likely N-dealkylation sites (tertiary alicyclic amines) is 1. The largest absolute Gasteiger partial charge is 0.416 e. The highest BCUT2D eigenvalue weighted by atomic mass is 32.1. The molecule has 0 bridgehead atoms. The van der Waals surface area contributed by atoms with Crippen LogP contribution in [0, 0.1) is 0 Å².